The van der Waals surface area contributed by atoms with Crippen molar-refractivity contribution >= 4 is 5.91 Å². The predicted octanol–water partition coefficient (Wildman–Crippen LogP) is 2.71. The van der Waals surface area contributed by atoms with E-state index in [2.05, 4.69) is 16.3 Å². The molecule has 1 saturated heterocycles. The summed E-state index contributed by atoms with van der Waals surface area (Å²) >= 11 is 0. The van der Waals surface area contributed by atoms with Crippen molar-refractivity contribution in [1.29, 1.82) is 0 Å². The zero-order valence-corrected chi connectivity index (χ0v) is 14.1. The Kier molecular flexibility index (Phi) is 5.79. The summed E-state index contributed by atoms with van der Waals surface area (Å²) in [6.07, 6.45) is 1.41. The van der Waals surface area contributed by atoms with Crippen molar-refractivity contribution in [3.63, 3.8) is 0 Å². The second-order valence-electron chi connectivity index (χ2n) is 6.44. The molecule has 0 aromatic heterocycles. The second kappa shape index (κ2) is 8.23. The van der Waals surface area contributed by atoms with Gasteiger partial charge < -0.3 is 10.4 Å². The standard InChI is InChI=1S/C20H23FN2O2/c21-19-8-4-3-7-18(19)20(25)22-13-15-5-1-2-6-16(15)14-23-11-9-17(24)10-12-23/h1-8,17,24H,9-14H2,(H,22,25). The number of aliphatic hydroxyl groups is 1. The maximum absolute atomic E-state index is 13.7. The third-order valence-corrected chi connectivity index (χ3v) is 4.63. The fourth-order valence-electron chi connectivity index (χ4n) is 3.12. The third kappa shape index (κ3) is 4.65. The Morgan fingerprint density at radius 2 is 1.72 bits per heavy atom. The topological polar surface area (TPSA) is 52.6 Å². The van der Waals surface area contributed by atoms with Gasteiger partial charge in [-0.15, -0.1) is 0 Å². The number of carbonyl (C=O) groups excluding carboxylic acids is 1. The number of nitrogens with zero attached hydrogens (tertiary/aromatic N) is 1. The quantitative estimate of drug-likeness (QED) is 0.878. The van der Waals surface area contributed by atoms with E-state index in [0.717, 1.165) is 43.6 Å². The van der Waals surface area contributed by atoms with E-state index < -0.39 is 11.7 Å². The molecule has 1 heterocycles. The largest absolute Gasteiger partial charge is 0.393 e. The van der Waals surface area contributed by atoms with Gasteiger partial charge in [-0.3, -0.25) is 9.69 Å². The predicted molar refractivity (Wildman–Crippen MR) is 94.5 cm³/mol. The number of hydrogen-bond acceptors (Lipinski definition) is 3. The maximum atomic E-state index is 13.7. The Labute approximate surface area is 147 Å². The van der Waals surface area contributed by atoms with Crippen molar-refractivity contribution in [2.75, 3.05) is 13.1 Å². The molecular formula is C20H23FN2O2. The van der Waals surface area contributed by atoms with Crippen molar-refractivity contribution in [2.24, 2.45) is 0 Å². The van der Waals surface area contributed by atoms with Crippen LogP contribution in [0.4, 0.5) is 4.39 Å². The number of amides is 1. The first-order valence-corrected chi connectivity index (χ1v) is 8.63. The minimum atomic E-state index is -0.514. The van der Waals surface area contributed by atoms with E-state index in [9.17, 15) is 14.3 Å². The van der Waals surface area contributed by atoms with Crippen molar-refractivity contribution in [3.05, 3.63) is 71.0 Å². The third-order valence-electron chi connectivity index (χ3n) is 4.63. The number of likely N-dealkylation sites (tertiary alicyclic amines) is 1. The van der Waals surface area contributed by atoms with Crippen LogP contribution < -0.4 is 5.32 Å². The molecular weight excluding hydrogens is 319 g/mol. The van der Waals surface area contributed by atoms with Crippen molar-refractivity contribution in [2.45, 2.75) is 32.0 Å². The molecule has 132 valence electrons. The van der Waals surface area contributed by atoms with Gasteiger partial charge in [0.25, 0.3) is 5.91 Å². The SMILES string of the molecule is O=C(NCc1ccccc1CN1CCC(O)CC1)c1ccccc1F. The highest BCUT2D eigenvalue weighted by molar-refractivity contribution is 5.94. The average molecular weight is 342 g/mol. The zero-order valence-electron chi connectivity index (χ0n) is 14.1. The fraction of sp³-hybridized carbons (Fsp3) is 0.350. The molecule has 0 aliphatic carbocycles. The molecule has 5 heteroatoms. The minimum absolute atomic E-state index is 0.0602. The molecule has 1 amide bonds. The molecule has 0 saturated carbocycles. The number of hydrogen-bond donors (Lipinski definition) is 2. The van der Waals surface area contributed by atoms with Gasteiger partial charge in [-0.25, -0.2) is 4.39 Å². The molecule has 2 N–H and O–H groups in total. The normalized spacial score (nSPS) is 15.9. The van der Waals surface area contributed by atoms with Crippen LogP contribution in [0.3, 0.4) is 0 Å². The van der Waals surface area contributed by atoms with E-state index in [1.54, 1.807) is 12.1 Å². The van der Waals surface area contributed by atoms with Gasteiger partial charge in [-0.05, 0) is 36.1 Å². The Balaban J connectivity index is 1.63. The summed E-state index contributed by atoms with van der Waals surface area (Å²) in [6.45, 7) is 2.90. The van der Waals surface area contributed by atoms with Crippen LogP contribution in [0.2, 0.25) is 0 Å². The summed E-state index contributed by atoms with van der Waals surface area (Å²) in [5.74, 6) is -0.922. The highest BCUT2D eigenvalue weighted by Gasteiger charge is 2.18. The summed E-state index contributed by atoms with van der Waals surface area (Å²) < 4.78 is 13.7. The van der Waals surface area contributed by atoms with Crippen LogP contribution in [0.15, 0.2) is 48.5 Å². The fourth-order valence-corrected chi connectivity index (χ4v) is 3.12. The summed E-state index contributed by atoms with van der Waals surface area (Å²) in [5, 5.41) is 12.4. The molecule has 1 aliphatic heterocycles. The van der Waals surface area contributed by atoms with Crippen molar-refractivity contribution in [3.8, 4) is 0 Å². The van der Waals surface area contributed by atoms with E-state index in [0.29, 0.717) is 6.54 Å². The summed E-state index contributed by atoms with van der Waals surface area (Å²) in [4.78, 5) is 14.5. The number of carbonyl (C=O) groups is 1. The molecule has 0 bridgehead atoms. The van der Waals surface area contributed by atoms with Gasteiger partial charge in [0.15, 0.2) is 0 Å². The number of aliphatic hydroxyl groups excluding tert-OH is 1. The second-order valence-corrected chi connectivity index (χ2v) is 6.44. The first kappa shape index (κ1) is 17.6. The van der Waals surface area contributed by atoms with Gasteiger partial charge in [0.2, 0.25) is 0 Å². The van der Waals surface area contributed by atoms with Gasteiger partial charge in [-0.2, -0.15) is 0 Å². The molecule has 25 heavy (non-hydrogen) atoms. The van der Waals surface area contributed by atoms with Crippen molar-refractivity contribution < 1.29 is 14.3 Å². The first-order valence-electron chi connectivity index (χ1n) is 8.63. The average Bonchev–Trinajstić information content (AvgIpc) is 2.63. The number of rotatable bonds is 5. The first-order chi connectivity index (χ1) is 12.1. The molecule has 0 spiro atoms. The van der Waals surface area contributed by atoms with E-state index in [4.69, 9.17) is 0 Å². The Morgan fingerprint density at radius 3 is 2.44 bits per heavy atom. The lowest BCUT2D eigenvalue weighted by Crippen LogP contribution is -2.35. The Hall–Kier alpha value is -2.24. The number of benzene rings is 2. The zero-order chi connectivity index (χ0) is 17.6. The number of halogens is 1. The molecule has 1 aliphatic rings. The molecule has 0 atom stereocenters. The Morgan fingerprint density at radius 1 is 1.08 bits per heavy atom. The highest BCUT2D eigenvalue weighted by Crippen LogP contribution is 2.17. The number of nitrogens with one attached hydrogen (secondary N) is 1. The van der Waals surface area contributed by atoms with E-state index in [1.165, 1.54) is 12.1 Å². The van der Waals surface area contributed by atoms with Crippen LogP contribution in [0.1, 0.15) is 34.3 Å². The van der Waals surface area contributed by atoms with Gasteiger partial charge in [-0.1, -0.05) is 36.4 Å². The van der Waals surface area contributed by atoms with Crippen LogP contribution in [0, 0.1) is 5.82 Å². The molecule has 2 aromatic rings. The van der Waals surface area contributed by atoms with E-state index in [1.807, 2.05) is 18.2 Å². The van der Waals surface area contributed by atoms with Crippen LogP contribution >= 0.6 is 0 Å². The lowest BCUT2D eigenvalue weighted by molar-refractivity contribution is 0.0790. The monoisotopic (exact) mass is 342 g/mol. The molecule has 3 rings (SSSR count). The number of piperidine rings is 1. The van der Waals surface area contributed by atoms with Gasteiger partial charge in [0.05, 0.1) is 11.7 Å². The maximum Gasteiger partial charge on any atom is 0.254 e. The smallest absolute Gasteiger partial charge is 0.254 e. The van der Waals surface area contributed by atoms with Gasteiger partial charge in [0, 0.05) is 26.2 Å². The molecule has 1 fully saturated rings. The molecule has 0 unspecified atom stereocenters. The van der Waals surface area contributed by atoms with Crippen LogP contribution in [0.25, 0.3) is 0 Å². The molecule has 4 nitrogen and oxygen atoms in total. The highest BCUT2D eigenvalue weighted by atomic mass is 19.1. The minimum Gasteiger partial charge on any atom is -0.393 e. The van der Waals surface area contributed by atoms with Crippen LogP contribution in [-0.2, 0) is 13.1 Å². The van der Waals surface area contributed by atoms with Crippen molar-refractivity contribution in [1.82, 2.24) is 10.2 Å². The van der Waals surface area contributed by atoms with E-state index in [-0.39, 0.29) is 11.7 Å². The lowest BCUT2D eigenvalue weighted by Gasteiger charge is -2.30. The summed E-state index contributed by atoms with van der Waals surface area (Å²) in [7, 11) is 0. The van der Waals surface area contributed by atoms with Crippen LogP contribution in [0.5, 0.6) is 0 Å². The van der Waals surface area contributed by atoms with E-state index >= 15 is 0 Å². The van der Waals surface area contributed by atoms with Gasteiger partial charge in [0.1, 0.15) is 5.82 Å². The Bertz CT molecular complexity index is 727. The summed E-state index contributed by atoms with van der Waals surface area (Å²) in [5.41, 5.74) is 2.23. The lowest BCUT2D eigenvalue weighted by atomic mass is 10.0. The summed E-state index contributed by atoms with van der Waals surface area (Å²) in [6, 6.07) is 13.9. The van der Waals surface area contributed by atoms with Gasteiger partial charge >= 0.3 is 0 Å². The molecule has 0 radical (unpaired) electrons. The molecule has 2 aromatic carbocycles. The van der Waals surface area contributed by atoms with Crippen LogP contribution in [-0.4, -0.2) is 35.1 Å².